The summed E-state index contributed by atoms with van der Waals surface area (Å²) in [6.45, 7) is 3.24. The summed E-state index contributed by atoms with van der Waals surface area (Å²) in [5.74, 6) is -1.18. The molecule has 2 N–H and O–H groups in total. The fraction of sp³-hybridized carbons (Fsp3) is 0.429. The second kappa shape index (κ2) is 6.53. The molecule has 1 aliphatic heterocycles. The van der Waals surface area contributed by atoms with E-state index in [0.29, 0.717) is 13.1 Å². The van der Waals surface area contributed by atoms with E-state index in [1.165, 1.54) is 0 Å². The summed E-state index contributed by atoms with van der Waals surface area (Å²) in [5, 5.41) is 11.9. The Kier molecular flexibility index (Phi) is 4.98. The van der Waals surface area contributed by atoms with Crippen LogP contribution in [0.1, 0.15) is 6.92 Å². The molecule has 0 aliphatic carbocycles. The van der Waals surface area contributed by atoms with Crippen LogP contribution in [0.15, 0.2) is 24.3 Å². The highest BCUT2D eigenvalue weighted by atomic mass is 127. The number of nitrogens with zero attached hydrogens (tertiary/aromatic N) is 1. The quantitative estimate of drug-likeness (QED) is 0.773. The van der Waals surface area contributed by atoms with Crippen LogP contribution in [0.25, 0.3) is 0 Å². The van der Waals surface area contributed by atoms with Gasteiger partial charge in [-0.2, -0.15) is 0 Å². The van der Waals surface area contributed by atoms with Crippen LogP contribution in [-0.2, 0) is 9.59 Å². The van der Waals surface area contributed by atoms with Gasteiger partial charge in [0, 0.05) is 22.3 Å². The van der Waals surface area contributed by atoms with Crippen molar-refractivity contribution in [1.82, 2.24) is 4.90 Å². The van der Waals surface area contributed by atoms with Crippen molar-refractivity contribution in [2.75, 3.05) is 25.0 Å². The van der Waals surface area contributed by atoms with E-state index < -0.39 is 5.97 Å². The van der Waals surface area contributed by atoms with E-state index in [1.54, 1.807) is 0 Å². The Hall–Kier alpha value is -1.15. The number of carbonyl (C=O) groups excluding carboxylic acids is 1. The van der Waals surface area contributed by atoms with E-state index >= 15 is 0 Å². The fourth-order valence-corrected chi connectivity index (χ4v) is 3.03. The van der Waals surface area contributed by atoms with Crippen molar-refractivity contribution in [2.45, 2.75) is 6.92 Å². The van der Waals surface area contributed by atoms with Gasteiger partial charge in [0.25, 0.3) is 0 Å². The van der Waals surface area contributed by atoms with Gasteiger partial charge in [-0.1, -0.05) is 13.0 Å². The molecule has 0 saturated carbocycles. The van der Waals surface area contributed by atoms with E-state index in [9.17, 15) is 9.59 Å². The molecule has 1 aliphatic rings. The van der Waals surface area contributed by atoms with E-state index in [1.807, 2.05) is 36.1 Å². The average molecular weight is 388 g/mol. The van der Waals surface area contributed by atoms with Crippen LogP contribution in [0, 0.1) is 15.4 Å². The standard InChI is InChI=1S/C14H17IN2O3/c1-9-6-17(7-12(9)14(19)20)8-13(18)16-11-4-2-3-10(15)5-11/h2-5,9,12H,6-8H2,1H3,(H,16,18)(H,19,20). The summed E-state index contributed by atoms with van der Waals surface area (Å²) in [7, 11) is 0. The number of benzene rings is 1. The molecule has 1 heterocycles. The van der Waals surface area contributed by atoms with Crippen molar-refractivity contribution in [3.8, 4) is 0 Å². The fourth-order valence-electron chi connectivity index (χ4n) is 2.49. The van der Waals surface area contributed by atoms with E-state index in [4.69, 9.17) is 5.11 Å². The molecule has 1 saturated heterocycles. The molecule has 1 aromatic carbocycles. The molecule has 20 heavy (non-hydrogen) atoms. The number of nitrogens with one attached hydrogen (secondary N) is 1. The van der Waals surface area contributed by atoms with Crippen LogP contribution in [-0.4, -0.2) is 41.5 Å². The summed E-state index contributed by atoms with van der Waals surface area (Å²) >= 11 is 2.19. The maximum absolute atomic E-state index is 12.0. The van der Waals surface area contributed by atoms with Gasteiger partial charge in [-0.15, -0.1) is 0 Å². The summed E-state index contributed by atoms with van der Waals surface area (Å²) in [5.41, 5.74) is 0.768. The molecule has 1 amide bonds. The number of aliphatic carboxylic acids is 1. The lowest BCUT2D eigenvalue weighted by Crippen LogP contribution is -2.32. The second-order valence-corrected chi connectivity index (χ2v) is 6.42. The molecule has 6 heteroatoms. The first-order chi connectivity index (χ1) is 9.45. The van der Waals surface area contributed by atoms with Crippen LogP contribution in [0.2, 0.25) is 0 Å². The first-order valence-corrected chi connectivity index (χ1v) is 7.54. The molecule has 108 valence electrons. The highest BCUT2D eigenvalue weighted by Crippen LogP contribution is 2.22. The molecule has 0 radical (unpaired) electrons. The van der Waals surface area contributed by atoms with Crippen molar-refractivity contribution >= 4 is 40.2 Å². The number of anilines is 1. The van der Waals surface area contributed by atoms with Crippen LogP contribution in [0.4, 0.5) is 5.69 Å². The Morgan fingerprint density at radius 1 is 1.45 bits per heavy atom. The summed E-state index contributed by atoms with van der Waals surface area (Å²) in [6.07, 6.45) is 0. The number of carbonyl (C=O) groups is 2. The maximum Gasteiger partial charge on any atom is 0.308 e. The highest BCUT2D eigenvalue weighted by molar-refractivity contribution is 14.1. The maximum atomic E-state index is 12.0. The van der Waals surface area contributed by atoms with Gasteiger partial charge < -0.3 is 10.4 Å². The van der Waals surface area contributed by atoms with Crippen molar-refractivity contribution in [3.05, 3.63) is 27.8 Å². The lowest BCUT2D eigenvalue weighted by molar-refractivity contribution is -0.142. The SMILES string of the molecule is CC1CN(CC(=O)Nc2cccc(I)c2)CC1C(=O)O. The summed E-state index contributed by atoms with van der Waals surface area (Å²) in [6, 6.07) is 7.57. The minimum atomic E-state index is -0.780. The second-order valence-electron chi connectivity index (χ2n) is 5.17. The minimum Gasteiger partial charge on any atom is -0.481 e. The van der Waals surface area contributed by atoms with E-state index in [0.717, 1.165) is 9.26 Å². The third kappa shape index (κ3) is 3.92. The van der Waals surface area contributed by atoms with E-state index in [2.05, 4.69) is 27.9 Å². The zero-order valence-electron chi connectivity index (χ0n) is 11.2. The molecule has 1 aromatic rings. The Bertz CT molecular complexity index is 521. The van der Waals surface area contributed by atoms with Gasteiger partial charge in [0.15, 0.2) is 0 Å². The molecule has 0 aromatic heterocycles. The lowest BCUT2D eigenvalue weighted by atomic mass is 9.99. The molecule has 1 fully saturated rings. The summed E-state index contributed by atoms with van der Waals surface area (Å²) in [4.78, 5) is 24.9. The number of hydrogen-bond acceptors (Lipinski definition) is 3. The lowest BCUT2D eigenvalue weighted by Gasteiger charge is -2.14. The van der Waals surface area contributed by atoms with Gasteiger partial charge >= 0.3 is 5.97 Å². The molecule has 2 unspecified atom stereocenters. The van der Waals surface area contributed by atoms with Gasteiger partial charge in [-0.25, -0.2) is 0 Å². The predicted molar refractivity (Wildman–Crippen MR) is 84.5 cm³/mol. The first kappa shape index (κ1) is 15.2. The highest BCUT2D eigenvalue weighted by Gasteiger charge is 2.35. The van der Waals surface area contributed by atoms with Crippen molar-refractivity contribution in [1.29, 1.82) is 0 Å². The van der Waals surface area contributed by atoms with Crippen molar-refractivity contribution in [3.63, 3.8) is 0 Å². The van der Waals surface area contributed by atoms with Crippen LogP contribution in [0.5, 0.6) is 0 Å². The third-order valence-corrected chi connectivity index (χ3v) is 4.15. The number of hydrogen-bond donors (Lipinski definition) is 2. The first-order valence-electron chi connectivity index (χ1n) is 6.46. The van der Waals surface area contributed by atoms with Crippen molar-refractivity contribution < 1.29 is 14.7 Å². The monoisotopic (exact) mass is 388 g/mol. The molecule has 2 rings (SSSR count). The van der Waals surface area contributed by atoms with Crippen LogP contribution in [0.3, 0.4) is 0 Å². The molecule has 2 atom stereocenters. The molecule has 0 bridgehead atoms. The van der Waals surface area contributed by atoms with E-state index in [-0.39, 0.29) is 24.3 Å². The number of amides is 1. The van der Waals surface area contributed by atoms with Gasteiger partial charge in [-0.3, -0.25) is 14.5 Å². The molecular weight excluding hydrogens is 371 g/mol. The predicted octanol–water partition coefficient (Wildman–Crippen LogP) is 1.88. The zero-order valence-corrected chi connectivity index (χ0v) is 13.3. The number of carboxylic acid groups (broad SMARTS) is 1. The zero-order chi connectivity index (χ0) is 14.7. The van der Waals surface area contributed by atoms with Crippen LogP contribution >= 0.6 is 22.6 Å². The Balaban J connectivity index is 1.88. The van der Waals surface area contributed by atoms with Crippen LogP contribution < -0.4 is 5.32 Å². The normalized spacial score (nSPS) is 22.7. The van der Waals surface area contributed by atoms with Gasteiger partial charge in [0.1, 0.15) is 0 Å². The third-order valence-electron chi connectivity index (χ3n) is 3.48. The number of halogens is 1. The molecular formula is C14H17IN2O3. The van der Waals surface area contributed by atoms with Gasteiger partial charge in [0.05, 0.1) is 12.5 Å². The minimum absolute atomic E-state index is 0.0815. The average Bonchev–Trinajstić information content (AvgIpc) is 2.70. The van der Waals surface area contributed by atoms with Gasteiger partial charge in [0.2, 0.25) is 5.91 Å². The Labute approximate surface area is 131 Å². The van der Waals surface area contributed by atoms with Crippen molar-refractivity contribution in [2.24, 2.45) is 11.8 Å². The number of rotatable bonds is 4. The molecule has 5 nitrogen and oxygen atoms in total. The Morgan fingerprint density at radius 2 is 2.20 bits per heavy atom. The smallest absolute Gasteiger partial charge is 0.308 e. The Morgan fingerprint density at radius 3 is 2.80 bits per heavy atom. The topological polar surface area (TPSA) is 69.6 Å². The number of carboxylic acids is 1. The largest absolute Gasteiger partial charge is 0.481 e. The molecule has 0 spiro atoms. The van der Waals surface area contributed by atoms with Gasteiger partial charge in [-0.05, 0) is 46.7 Å². The summed E-state index contributed by atoms with van der Waals surface area (Å²) < 4.78 is 1.06. The number of likely N-dealkylation sites (tertiary alicyclic amines) is 1.